The molecule has 0 heterocycles. The fourth-order valence-corrected chi connectivity index (χ4v) is 2.25. The van der Waals surface area contributed by atoms with Gasteiger partial charge in [-0.3, -0.25) is 0 Å². The topological polar surface area (TPSA) is 26.0 Å². The summed E-state index contributed by atoms with van der Waals surface area (Å²) in [7, 11) is 0. The summed E-state index contributed by atoms with van der Waals surface area (Å²) >= 11 is 5.93. The van der Waals surface area contributed by atoms with Crippen LogP contribution in [-0.4, -0.2) is 6.54 Å². The highest BCUT2D eigenvalue weighted by molar-refractivity contribution is 6.31. The highest BCUT2D eigenvalue weighted by Crippen LogP contribution is 2.26. The van der Waals surface area contributed by atoms with Gasteiger partial charge in [-0.05, 0) is 42.3 Å². The minimum Gasteiger partial charge on any atom is -0.330 e. The van der Waals surface area contributed by atoms with Gasteiger partial charge in [0, 0.05) is 5.92 Å². The summed E-state index contributed by atoms with van der Waals surface area (Å²) in [4.78, 5) is 0. The Balaban J connectivity index is 2.24. The van der Waals surface area contributed by atoms with E-state index in [-0.39, 0.29) is 16.8 Å². The minimum absolute atomic E-state index is 0.0140. The van der Waals surface area contributed by atoms with Gasteiger partial charge in [-0.2, -0.15) is 0 Å². The molecule has 2 rings (SSSR count). The van der Waals surface area contributed by atoms with Crippen LogP contribution in [0.5, 0.6) is 0 Å². The zero-order chi connectivity index (χ0) is 13.8. The van der Waals surface area contributed by atoms with Gasteiger partial charge in [0.05, 0.1) is 5.02 Å². The number of nitrogens with two attached hydrogens (primary N) is 1. The maximum atomic E-state index is 13.4. The van der Waals surface area contributed by atoms with Crippen molar-refractivity contribution in [1.82, 2.24) is 0 Å². The lowest BCUT2D eigenvalue weighted by Gasteiger charge is -2.16. The molecule has 19 heavy (non-hydrogen) atoms. The molecule has 1 nitrogen and oxygen atoms in total. The van der Waals surface area contributed by atoms with Crippen molar-refractivity contribution in [3.05, 3.63) is 70.2 Å². The Bertz CT molecular complexity index is 555. The maximum Gasteiger partial charge on any atom is 0.142 e. The van der Waals surface area contributed by atoms with E-state index in [9.17, 15) is 8.78 Å². The molecule has 0 saturated carbocycles. The third kappa shape index (κ3) is 3.31. The van der Waals surface area contributed by atoms with E-state index < -0.39 is 5.82 Å². The molecule has 0 aliphatic carbocycles. The van der Waals surface area contributed by atoms with Crippen LogP contribution in [0.4, 0.5) is 8.78 Å². The second-order valence-electron chi connectivity index (χ2n) is 4.40. The first-order valence-electron chi connectivity index (χ1n) is 6.00. The summed E-state index contributed by atoms with van der Waals surface area (Å²) in [6, 6.07) is 10.9. The van der Waals surface area contributed by atoms with Crippen LogP contribution >= 0.6 is 11.6 Å². The van der Waals surface area contributed by atoms with Crippen molar-refractivity contribution in [3.8, 4) is 0 Å². The number of benzene rings is 2. The van der Waals surface area contributed by atoms with Crippen molar-refractivity contribution < 1.29 is 8.78 Å². The lowest BCUT2D eigenvalue weighted by molar-refractivity contribution is 0.618. The van der Waals surface area contributed by atoms with Crippen LogP contribution in [-0.2, 0) is 6.42 Å². The molecular formula is C15H14ClF2N. The lowest BCUT2D eigenvalue weighted by Crippen LogP contribution is -2.15. The SMILES string of the molecule is NCC(Cc1cccc(F)c1Cl)c1ccc(F)cc1. The Hall–Kier alpha value is -1.45. The van der Waals surface area contributed by atoms with Gasteiger partial charge >= 0.3 is 0 Å². The van der Waals surface area contributed by atoms with Gasteiger partial charge in [0.25, 0.3) is 0 Å². The van der Waals surface area contributed by atoms with Gasteiger partial charge in [0.2, 0.25) is 0 Å². The second-order valence-corrected chi connectivity index (χ2v) is 4.78. The standard InChI is InChI=1S/C15H14ClF2N/c16-15-11(2-1-3-14(15)18)8-12(9-19)10-4-6-13(17)7-5-10/h1-7,12H,8-9,19H2. The summed E-state index contributed by atoms with van der Waals surface area (Å²) in [5.74, 6) is -0.739. The zero-order valence-corrected chi connectivity index (χ0v) is 11.0. The molecule has 2 aromatic rings. The van der Waals surface area contributed by atoms with Crippen molar-refractivity contribution in [2.75, 3.05) is 6.54 Å². The molecule has 0 aliphatic heterocycles. The third-order valence-corrected chi connectivity index (χ3v) is 3.55. The molecule has 0 aromatic heterocycles. The maximum absolute atomic E-state index is 13.4. The molecule has 4 heteroatoms. The minimum atomic E-state index is -0.436. The van der Waals surface area contributed by atoms with E-state index in [0.717, 1.165) is 5.56 Å². The van der Waals surface area contributed by atoms with Crippen LogP contribution < -0.4 is 5.73 Å². The van der Waals surface area contributed by atoms with Gasteiger partial charge in [0.15, 0.2) is 0 Å². The number of hydrogen-bond donors (Lipinski definition) is 1. The fraction of sp³-hybridized carbons (Fsp3) is 0.200. The van der Waals surface area contributed by atoms with E-state index >= 15 is 0 Å². The first kappa shape index (κ1) is 14.0. The van der Waals surface area contributed by atoms with Crippen molar-refractivity contribution in [2.45, 2.75) is 12.3 Å². The highest BCUT2D eigenvalue weighted by atomic mass is 35.5. The van der Waals surface area contributed by atoms with E-state index in [1.807, 2.05) is 0 Å². The summed E-state index contributed by atoms with van der Waals surface area (Å²) in [6.45, 7) is 0.387. The molecule has 0 spiro atoms. The lowest BCUT2D eigenvalue weighted by atomic mass is 9.92. The van der Waals surface area contributed by atoms with E-state index in [4.69, 9.17) is 17.3 Å². The first-order chi connectivity index (χ1) is 9.11. The normalized spacial score (nSPS) is 12.4. The molecular weight excluding hydrogens is 268 g/mol. The molecule has 2 aromatic carbocycles. The largest absolute Gasteiger partial charge is 0.330 e. The Morgan fingerprint density at radius 1 is 1.05 bits per heavy atom. The Morgan fingerprint density at radius 2 is 1.74 bits per heavy atom. The quantitative estimate of drug-likeness (QED) is 0.904. The predicted molar refractivity (Wildman–Crippen MR) is 73.3 cm³/mol. The van der Waals surface area contributed by atoms with Gasteiger partial charge in [-0.25, -0.2) is 8.78 Å². The molecule has 0 aliphatic rings. The molecule has 1 atom stereocenters. The van der Waals surface area contributed by atoms with Crippen LogP contribution in [0.3, 0.4) is 0 Å². The van der Waals surface area contributed by atoms with E-state index in [1.54, 1.807) is 24.3 Å². The Kier molecular flexibility index (Phi) is 4.51. The monoisotopic (exact) mass is 281 g/mol. The molecule has 0 saturated heterocycles. The van der Waals surface area contributed by atoms with Crippen molar-refractivity contribution in [1.29, 1.82) is 0 Å². The molecule has 2 N–H and O–H groups in total. The van der Waals surface area contributed by atoms with Crippen LogP contribution in [0.15, 0.2) is 42.5 Å². The number of hydrogen-bond acceptors (Lipinski definition) is 1. The summed E-state index contributed by atoms with van der Waals surface area (Å²) < 4.78 is 26.3. The third-order valence-electron chi connectivity index (χ3n) is 3.12. The van der Waals surface area contributed by atoms with Crippen molar-refractivity contribution in [3.63, 3.8) is 0 Å². The second kappa shape index (κ2) is 6.13. The van der Waals surface area contributed by atoms with E-state index in [2.05, 4.69) is 0 Å². The summed E-state index contributed by atoms with van der Waals surface area (Å²) in [5, 5.41) is 0.128. The average Bonchev–Trinajstić information content (AvgIpc) is 2.42. The van der Waals surface area contributed by atoms with Crippen molar-refractivity contribution >= 4 is 11.6 Å². The smallest absolute Gasteiger partial charge is 0.142 e. The number of halogens is 3. The van der Waals surface area contributed by atoms with Gasteiger partial charge < -0.3 is 5.73 Å². The summed E-state index contributed by atoms with van der Waals surface area (Å²) in [6.07, 6.45) is 0.527. The van der Waals surface area contributed by atoms with Crippen LogP contribution in [0.1, 0.15) is 17.0 Å². The highest BCUT2D eigenvalue weighted by Gasteiger charge is 2.14. The van der Waals surface area contributed by atoms with Crippen LogP contribution in [0, 0.1) is 11.6 Å². The van der Waals surface area contributed by atoms with E-state index in [1.165, 1.54) is 18.2 Å². The Labute approximate surface area is 116 Å². The zero-order valence-electron chi connectivity index (χ0n) is 10.2. The predicted octanol–water partition coefficient (Wildman–Crippen LogP) is 3.90. The van der Waals surface area contributed by atoms with Gasteiger partial charge in [0.1, 0.15) is 11.6 Å². The van der Waals surface area contributed by atoms with Crippen molar-refractivity contribution in [2.24, 2.45) is 5.73 Å². The number of rotatable bonds is 4. The van der Waals surface area contributed by atoms with E-state index in [0.29, 0.717) is 18.5 Å². The summed E-state index contributed by atoms with van der Waals surface area (Å²) in [5.41, 5.74) is 7.38. The van der Waals surface area contributed by atoms with Gasteiger partial charge in [-0.1, -0.05) is 35.9 Å². The molecule has 0 fully saturated rings. The molecule has 100 valence electrons. The van der Waals surface area contributed by atoms with Gasteiger partial charge in [-0.15, -0.1) is 0 Å². The molecule has 0 amide bonds. The molecule has 0 radical (unpaired) electrons. The molecule has 1 unspecified atom stereocenters. The first-order valence-corrected chi connectivity index (χ1v) is 6.38. The Morgan fingerprint density at radius 3 is 2.37 bits per heavy atom. The fourth-order valence-electron chi connectivity index (χ4n) is 2.04. The average molecular weight is 282 g/mol. The van der Waals surface area contributed by atoms with Crippen LogP contribution in [0.2, 0.25) is 5.02 Å². The van der Waals surface area contributed by atoms with Crippen LogP contribution in [0.25, 0.3) is 0 Å². The molecule has 0 bridgehead atoms.